The van der Waals surface area contributed by atoms with Crippen LogP contribution in [0.15, 0.2) is 48.5 Å². The van der Waals surface area contributed by atoms with E-state index in [0.29, 0.717) is 21.2 Å². The predicted octanol–water partition coefficient (Wildman–Crippen LogP) is 4.21. The molecule has 2 aromatic rings. The highest BCUT2D eigenvalue weighted by molar-refractivity contribution is 6.32. The lowest BCUT2D eigenvalue weighted by Crippen LogP contribution is -2.14. The maximum absolute atomic E-state index is 11.5. The van der Waals surface area contributed by atoms with E-state index in [1.807, 2.05) is 0 Å². The highest BCUT2D eigenvalue weighted by Crippen LogP contribution is 2.34. The fourth-order valence-electron chi connectivity index (χ4n) is 1.85. The summed E-state index contributed by atoms with van der Waals surface area (Å²) in [6.07, 6.45) is 0. The first-order valence-electron chi connectivity index (χ1n) is 5.33. The number of halogens is 2. The molecule has 0 saturated heterocycles. The summed E-state index contributed by atoms with van der Waals surface area (Å²) in [6.45, 7) is 0. The van der Waals surface area contributed by atoms with E-state index in [9.17, 15) is 9.90 Å². The van der Waals surface area contributed by atoms with Gasteiger partial charge in [0.05, 0.1) is 0 Å². The normalized spacial score (nSPS) is 10.6. The molecule has 0 amide bonds. The van der Waals surface area contributed by atoms with Crippen LogP contribution in [0.3, 0.4) is 0 Å². The summed E-state index contributed by atoms with van der Waals surface area (Å²) in [5, 5.41) is 10.3. The molecule has 0 saturated carbocycles. The van der Waals surface area contributed by atoms with Crippen LogP contribution in [-0.4, -0.2) is 11.1 Å². The van der Waals surface area contributed by atoms with Crippen molar-refractivity contribution in [1.29, 1.82) is 0 Å². The molecule has 0 bridgehead atoms. The van der Waals surface area contributed by atoms with Gasteiger partial charge in [-0.15, -0.1) is 0 Å². The van der Waals surface area contributed by atoms with Crippen LogP contribution in [-0.2, 0) is 4.79 Å². The summed E-state index contributed by atoms with van der Waals surface area (Å²) < 4.78 is 0. The zero-order chi connectivity index (χ0) is 13.1. The second-order valence-electron chi connectivity index (χ2n) is 3.81. The third-order valence-electron chi connectivity index (χ3n) is 2.68. The first-order valence-corrected chi connectivity index (χ1v) is 6.08. The highest BCUT2D eigenvalue weighted by Gasteiger charge is 2.25. The molecule has 0 fully saturated rings. The Morgan fingerprint density at radius 3 is 1.61 bits per heavy atom. The van der Waals surface area contributed by atoms with Crippen LogP contribution >= 0.6 is 23.2 Å². The molecule has 0 aliphatic heterocycles. The summed E-state index contributed by atoms with van der Waals surface area (Å²) >= 11 is 12.1. The van der Waals surface area contributed by atoms with Gasteiger partial charge >= 0.3 is 5.97 Å². The Kier molecular flexibility index (Phi) is 3.90. The Morgan fingerprint density at radius 1 is 0.889 bits per heavy atom. The lowest BCUT2D eigenvalue weighted by Gasteiger charge is -2.16. The molecule has 0 aromatic heterocycles. The second kappa shape index (κ2) is 5.42. The van der Waals surface area contributed by atoms with Crippen molar-refractivity contribution in [2.45, 2.75) is 5.92 Å². The zero-order valence-corrected chi connectivity index (χ0v) is 10.8. The average molecular weight is 281 g/mol. The molecule has 2 nitrogen and oxygen atoms in total. The number of carboxylic acids is 1. The van der Waals surface area contributed by atoms with E-state index in [-0.39, 0.29) is 0 Å². The van der Waals surface area contributed by atoms with Crippen molar-refractivity contribution in [1.82, 2.24) is 0 Å². The van der Waals surface area contributed by atoms with Gasteiger partial charge in [0.1, 0.15) is 5.92 Å². The molecule has 1 N–H and O–H groups in total. The topological polar surface area (TPSA) is 37.3 Å². The van der Waals surface area contributed by atoms with Gasteiger partial charge in [-0.1, -0.05) is 59.6 Å². The molecule has 0 aliphatic carbocycles. The Balaban J connectivity index is 2.58. The number of rotatable bonds is 3. The SMILES string of the molecule is O=C(O)C(c1ccccc1Cl)c1ccccc1Cl. The van der Waals surface area contributed by atoms with Gasteiger partial charge in [-0.05, 0) is 23.3 Å². The predicted molar refractivity (Wildman–Crippen MR) is 72.4 cm³/mol. The van der Waals surface area contributed by atoms with Crippen LogP contribution in [0.25, 0.3) is 0 Å². The number of carbonyl (C=O) groups is 1. The van der Waals surface area contributed by atoms with Gasteiger partial charge in [0, 0.05) is 10.0 Å². The van der Waals surface area contributed by atoms with Gasteiger partial charge < -0.3 is 5.11 Å². The molecule has 0 radical (unpaired) electrons. The Bertz CT molecular complexity index is 536. The van der Waals surface area contributed by atoms with Crippen LogP contribution < -0.4 is 0 Å². The van der Waals surface area contributed by atoms with Gasteiger partial charge in [0.15, 0.2) is 0 Å². The molecule has 4 heteroatoms. The van der Waals surface area contributed by atoms with Crippen molar-refractivity contribution in [3.63, 3.8) is 0 Å². The Hall–Kier alpha value is -1.51. The fraction of sp³-hybridized carbons (Fsp3) is 0.0714. The minimum absolute atomic E-state index is 0.421. The molecular weight excluding hydrogens is 271 g/mol. The van der Waals surface area contributed by atoms with Crippen molar-refractivity contribution < 1.29 is 9.90 Å². The largest absolute Gasteiger partial charge is 0.481 e. The van der Waals surface area contributed by atoms with Crippen molar-refractivity contribution in [2.75, 3.05) is 0 Å². The summed E-state index contributed by atoms with van der Waals surface area (Å²) in [7, 11) is 0. The molecule has 2 aromatic carbocycles. The van der Waals surface area contributed by atoms with Crippen LogP contribution in [0.1, 0.15) is 17.0 Å². The zero-order valence-electron chi connectivity index (χ0n) is 9.31. The molecule has 18 heavy (non-hydrogen) atoms. The summed E-state index contributed by atoms with van der Waals surface area (Å²) in [5.41, 5.74) is 1.08. The molecule has 0 aliphatic rings. The number of hydrogen-bond donors (Lipinski definition) is 1. The van der Waals surface area contributed by atoms with E-state index in [0.717, 1.165) is 0 Å². The van der Waals surface area contributed by atoms with Gasteiger partial charge in [0.2, 0.25) is 0 Å². The Labute approximate surface area is 115 Å². The standard InChI is InChI=1S/C14H10Cl2O2/c15-11-7-3-1-5-9(11)13(14(17)18)10-6-2-4-8-12(10)16/h1-8,13H,(H,17,18). The lowest BCUT2D eigenvalue weighted by atomic mass is 9.91. The van der Waals surface area contributed by atoms with Crippen LogP contribution in [0.5, 0.6) is 0 Å². The van der Waals surface area contributed by atoms with Crippen molar-refractivity contribution >= 4 is 29.2 Å². The van der Waals surface area contributed by atoms with Crippen LogP contribution in [0.4, 0.5) is 0 Å². The van der Waals surface area contributed by atoms with Gasteiger partial charge in [-0.25, -0.2) is 0 Å². The first-order chi connectivity index (χ1) is 8.61. The molecule has 92 valence electrons. The summed E-state index contributed by atoms with van der Waals surface area (Å²) in [4.78, 5) is 11.5. The molecule has 2 rings (SSSR count). The first kappa shape index (κ1) is 12.9. The quantitative estimate of drug-likeness (QED) is 0.915. The van der Waals surface area contributed by atoms with Gasteiger partial charge in [0.25, 0.3) is 0 Å². The third kappa shape index (κ3) is 2.50. The maximum Gasteiger partial charge on any atom is 0.315 e. The third-order valence-corrected chi connectivity index (χ3v) is 3.37. The Morgan fingerprint density at radius 2 is 1.28 bits per heavy atom. The molecule has 0 spiro atoms. The molecule has 0 heterocycles. The lowest BCUT2D eigenvalue weighted by molar-refractivity contribution is -0.137. The van der Waals surface area contributed by atoms with Crippen LogP contribution in [0, 0.1) is 0 Å². The maximum atomic E-state index is 11.5. The number of hydrogen-bond acceptors (Lipinski definition) is 1. The van der Waals surface area contributed by atoms with Gasteiger partial charge in [-0.2, -0.15) is 0 Å². The molecule has 0 unspecified atom stereocenters. The molecule has 0 atom stereocenters. The van der Waals surface area contributed by atoms with E-state index in [1.54, 1.807) is 48.5 Å². The average Bonchev–Trinajstić information content (AvgIpc) is 2.34. The second-order valence-corrected chi connectivity index (χ2v) is 4.63. The summed E-state index contributed by atoms with van der Waals surface area (Å²) in [6, 6.07) is 13.8. The highest BCUT2D eigenvalue weighted by atomic mass is 35.5. The summed E-state index contributed by atoms with van der Waals surface area (Å²) in [5.74, 6) is -1.83. The minimum Gasteiger partial charge on any atom is -0.481 e. The monoisotopic (exact) mass is 280 g/mol. The van der Waals surface area contributed by atoms with Crippen molar-refractivity contribution in [2.24, 2.45) is 0 Å². The van der Waals surface area contributed by atoms with E-state index in [2.05, 4.69) is 0 Å². The molecular formula is C14H10Cl2O2. The van der Waals surface area contributed by atoms with Crippen LogP contribution in [0.2, 0.25) is 10.0 Å². The minimum atomic E-state index is -0.976. The number of aliphatic carboxylic acids is 1. The van der Waals surface area contributed by atoms with E-state index >= 15 is 0 Å². The van der Waals surface area contributed by atoms with Crippen molar-refractivity contribution in [3.05, 3.63) is 69.7 Å². The van der Waals surface area contributed by atoms with E-state index < -0.39 is 11.9 Å². The van der Waals surface area contributed by atoms with E-state index in [4.69, 9.17) is 23.2 Å². The number of benzene rings is 2. The number of carboxylic acid groups (broad SMARTS) is 1. The smallest absolute Gasteiger partial charge is 0.315 e. The van der Waals surface area contributed by atoms with Gasteiger partial charge in [-0.3, -0.25) is 4.79 Å². The van der Waals surface area contributed by atoms with Crippen molar-refractivity contribution in [3.8, 4) is 0 Å². The fourth-order valence-corrected chi connectivity index (χ4v) is 2.34. The van der Waals surface area contributed by atoms with E-state index in [1.165, 1.54) is 0 Å².